The Morgan fingerprint density at radius 2 is 2.09 bits per heavy atom. The first-order chi connectivity index (χ1) is 11.1. The molecule has 8 heteroatoms. The van der Waals surface area contributed by atoms with Crippen LogP contribution in [0.2, 0.25) is 0 Å². The lowest BCUT2D eigenvalue weighted by Gasteiger charge is -2.11. The number of anilines is 1. The van der Waals surface area contributed by atoms with Crippen LogP contribution >= 0.6 is 11.3 Å². The van der Waals surface area contributed by atoms with E-state index >= 15 is 0 Å². The lowest BCUT2D eigenvalue weighted by molar-refractivity contribution is -0.118. The minimum absolute atomic E-state index is 0.00577. The number of thiazole rings is 1. The first kappa shape index (κ1) is 16.9. The molecule has 0 unspecified atom stereocenters. The second-order valence-corrected chi connectivity index (χ2v) is 5.68. The Morgan fingerprint density at radius 1 is 1.39 bits per heavy atom. The summed E-state index contributed by atoms with van der Waals surface area (Å²) in [5.41, 5.74) is 13.0. The molecule has 1 heterocycles. The standard InChI is InChI=1S/C15H20N6OS/c1-4-11(22)21(3)15-18-12(10-8-6-5-7-9-10)13(23-15)14(16)19-20-17-2/h5-9,17,20H,4H2,1-3H3,(H2,16,19). The van der Waals surface area contributed by atoms with Gasteiger partial charge in [0.15, 0.2) is 11.0 Å². The van der Waals surface area contributed by atoms with Crippen molar-refractivity contribution in [3.63, 3.8) is 0 Å². The summed E-state index contributed by atoms with van der Waals surface area (Å²) in [4.78, 5) is 18.8. The smallest absolute Gasteiger partial charge is 0.228 e. The molecule has 1 aromatic carbocycles. The number of nitrogens with zero attached hydrogens (tertiary/aromatic N) is 3. The molecule has 0 saturated carbocycles. The third kappa shape index (κ3) is 3.85. The Morgan fingerprint density at radius 3 is 2.70 bits per heavy atom. The summed E-state index contributed by atoms with van der Waals surface area (Å²) >= 11 is 1.34. The molecule has 0 atom stereocenters. The van der Waals surface area contributed by atoms with Crippen LogP contribution in [0.3, 0.4) is 0 Å². The fraction of sp³-hybridized carbons (Fsp3) is 0.267. The molecule has 1 amide bonds. The molecule has 0 aliphatic carbocycles. The van der Waals surface area contributed by atoms with E-state index in [0.717, 1.165) is 5.56 Å². The van der Waals surface area contributed by atoms with Crippen molar-refractivity contribution in [3.05, 3.63) is 35.2 Å². The summed E-state index contributed by atoms with van der Waals surface area (Å²) < 4.78 is 0. The van der Waals surface area contributed by atoms with Crippen LogP contribution < -0.4 is 21.6 Å². The second-order valence-electron chi connectivity index (χ2n) is 4.71. The molecule has 0 spiro atoms. The van der Waals surface area contributed by atoms with E-state index in [2.05, 4.69) is 21.0 Å². The van der Waals surface area contributed by atoms with Crippen molar-refractivity contribution in [2.24, 2.45) is 10.8 Å². The van der Waals surface area contributed by atoms with Gasteiger partial charge in [0.2, 0.25) is 5.91 Å². The predicted molar refractivity (Wildman–Crippen MR) is 94.2 cm³/mol. The summed E-state index contributed by atoms with van der Waals surface area (Å²) in [5.74, 6) is 0.299. The van der Waals surface area contributed by atoms with Crippen LogP contribution in [0.15, 0.2) is 35.4 Å². The van der Waals surface area contributed by atoms with Gasteiger partial charge in [-0.2, -0.15) is 0 Å². The molecule has 2 aromatic rings. The van der Waals surface area contributed by atoms with Gasteiger partial charge in [-0.1, -0.05) is 48.6 Å². The number of benzene rings is 1. The van der Waals surface area contributed by atoms with Crippen molar-refractivity contribution in [1.29, 1.82) is 0 Å². The van der Waals surface area contributed by atoms with Gasteiger partial charge >= 0.3 is 0 Å². The molecule has 0 aliphatic rings. The normalized spacial score (nSPS) is 11.3. The van der Waals surface area contributed by atoms with Crippen molar-refractivity contribution in [1.82, 2.24) is 15.9 Å². The Bertz CT molecular complexity index is 697. The van der Waals surface area contributed by atoms with Crippen molar-refractivity contribution >= 4 is 28.2 Å². The molecule has 23 heavy (non-hydrogen) atoms. The van der Waals surface area contributed by atoms with Gasteiger partial charge < -0.3 is 5.73 Å². The number of amides is 1. The molecule has 0 radical (unpaired) electrons. The number of hydrogen-bond acceptors (Lipinski definition) is 6. The first-order valence-corrected chi connectivity index (χ1v) is 7.98. The highest BCUT2D eigenvalue weighted by atomic mass is 32.1. The van der Waals surface area contributed by atoms with E-state index in [1.807, 2.05) is 37.3 Å². The number of nitrogens with two attached hydrogens (primary N) is 1. The van der Waals surface area contributed by atoms with Crippen LogP contribution in [0.25, 0.3) is 11.3 Å². The van der Waals surface area contributed by atoms with Crippen molar-refractivity contribution in [3.8, 4) is 11.3 Å². The lowest BCUT2D eigenvalue weighted by Crippen LogP contribution is -2.26. The van der Waals surface area contributed by atoms with E-state index in [-0.39, 0.29) is 5.91 Å². The third-order valence-corrected chi connectivity index (χ3v) is 4.30. The van der Waals surface area contributed by atoms with Gasteiger partial charge in [0.25, 0.3) is 0 Å². The van der Waals surface area contributed by atoms with Gasteiger partial charge in [0, 0.05) is 26.1 Å². The summed E-state index contributed by atoms with van der Waals surface area (Å²) in [5, 5.41) is 4.63. The number of hydrazone groups is 1. The van der Waals surface area contributed by atoms with Gasteiger partial charge in [0.05, 0.1) is 5.69 Å². The molecule has 0 fully saturated rings. The van der Waals surface area contributed by atoms with Gasteiger partial charge in [-0.15, -0.1) is 5.10 Å². The highest BCUT2D eigenvalue weighted by Gasteiger charge is 2.20. The van der Waals surface area contributed by atoms with Crippen molar-refractivity contribution in [2.75, 3.05) is 19.0 Å². The average molecular weight is 332 g/mol. The largest absolute Gasteiger partial charge is 0.381 e. The Balaban J connectivity index is 2.50. The quantitative estimate of drug-likeness (QED) is 0.423. The Kier molecular flexibility index (Phi) is 5.67. The molecule has 0 bridgehead atoms. The molecule has 1 aromatic heterocycles. The first-order valence-electron chi connectivity index (χ1n) is 7.16. The van der Waals surface area contributed by atoms with E-state index in [4.69, 9.17) is 5.73 Å². The van der Waals surface area contributed by atoms with Crippen molar-refractivity contribution < 1.29 is 4.79 Å². The van der Waals surface area contributed by atoms with Crippen LogP contribution in [-0.2, 0) is 4.79 Å². The van der Waals surface area contributed by atoms with Gasteiger partial charge in [-0.3, -0.25) is 9.69 Å². The summed E-state index contributed by atoms with van der Waals surface area (Å²) in [7, 11) is 3.41. The SMILES string of the molecule is CCC(=O)N(C)c1nc(-c2ccccc2)c(/C(N)=N/NNC)s1. The highest BCUT2D eigenvalue weighted by Crippen LogP contribution is 2.32. The number of rotatable bonds is 6. The summed E-state index contributed by atoms with van der Waals surface area (Å²) in [6, 6.07) is 9.69. The number of hydrazine groups is 1. The number of nitrogens with one attached hydrogen (secondary N) is 2. The molecular formula is C15H20N6OS. The number of amidine groups is 1. The van der Waals surface area contributed by atoms with E-state index in [1.54, 1.807) is 19.0 Å². The zero-order chi connectivity index (χ0) is 16.8. The van der Waals surface area contributed by atoms with Gasteiger partial charge in [0.1, 0.15) is 4.88 Å². The van der Waals surface area contributed by atoms with Gasteiger partial charge in [-0.05, 0) is 0 Å². The van der Waals surface area contributed by atoms with E-state index in [0.29, 0.717) is 28.0 Å². The van der Waals surface area contributed by atoms with E-state index < -0.39 is 0 Å². The van der Waals surface area contributed by atoms with Crippen LogP contribution in [0.5, 0.6) is 0 Å². The van der Waals surface area contributed by atoms with Crippen LogP contribution in [-0.4, -0.2) is 30.8 Å². The number of aromatic nitrogens is 1. The molecule has 7 nitrogen and oxygen atoms in total. The maximum atomic E-state index is 11.9. The minimum atomic E-state index is -0.00577. The van der Waals surface area contributed by atoms with Crippen LogP contribution in [0.4, 0.5) is 5.13 Å². The van der Waals surface area contributed by atoms with Crippen molar-refractivity contribution in [2.45, 2.75) is 13.3 Å². The zero-order valence-electron chi connectivity index (χ0n) is 13.3. The molecule has 0 saturated heterocycles. The van der Waals surface area contributed by atoms with Crippen LogP contribution in [0.1, 0.15) is 18.2 Å². The summed E-state index contributed by atoms with van der Waals surface area (Å²) in [6.07, 6.45) is 0.414. The fourth-order valence-corrected chi connectivity index (χ4v) is 2.90. The fourth-order valence-electron chi connectivity index (χ4n) is 1.93. The third-order valence-electron chi connectivity index (χ3n) is 3.15. The number of carbonyl (C=O) groups excluding carboxylic acids is 1. The number of carbonyl (C=O) groups is 1. The topological polar surface area (TPSA) is 95.6 Å². The van der Waals surface area contributed by atoms with E-state index in [9.17, 15) is 4.79 Å². The molecule has 2 rings (SSSR count). The average Bonchev–Trinajstić information content (AvgIpc) is 3.04. The minimum Gasteiger partial charge on any atom is -0.381 e. The predicted octanol–water partition coefficient (Wildman–Crippen LogP) is 1.53. The molecule has 122 valence electrons. The maximum Gasteiger partial charge on any atom is 0.228 e. The monoisotopic (exact) mass is 332 g/mol. The zero-order valence-corrected chi connectivity index (χ0v) is 14.1. The van der Waals surface area contributed by atoms with Crippen LogP contribution in [0, 0.1) is 0 Å². The summed E-state index contributed by atoms with van der Waals surface area (Å²) in [6.45, 7) is 1.82. The molecule has 4 N–H and O–H groups in total. The van der Waals surface area contributed by atoms with E-state index in [1.165, 1.54) is 11.3 Å². The number of hydrogen-bond donors (Lipinski definition) is 3. The molecule has 0 aliphatic heterocycles. The highest BCUT2D eigenvalue weighted by molar-refractivity contribution is 7.18. The van der Waals surface area contributed by atoms with Gasteiger partial charge in [-0.25, -0.2) is 15.9 Å². The molecular weight excluding hydrogens is 312 g/mol. The lowest BCUT2D eigenvalue weighted by atomic mass is 10.1. The second kappa shape index (κ2) is 7.70. The Hall–Kier alpha value is -2.45. The Labute approximate surface area is 139 Å². The maximum absolute atomic E-state index is 11.9.